The number of halogens is 2. The van der Waals surface area contributed by atoms with Crippen molar-refractivity contribution in [3.63, 3.8) is 0 Å². The third kappa shape index (κ3) is 4.92. The van der Waals surface area contributed by atoms with Gasteiger partial charge >= 0.3 is 0 Å². The Hall–Kier alpha value is -1.22. The molecule has 4 heteroatoms. The third-order valence-electron chi connectivity index (χ3n) is 3.44. The van der Waals surface area contributed by atoms with Gasteiger partial charge in [0.1, 0.15) is 12.4 Å². The molecule has 2 aromatic carbocycles. The molecule has 2 nitrogen and oxygen atoms in total. The average Bonchev–Trinajstić information content (AvgIpc) is 3.30. The highest BCUT2D eigenvalue weighted by Gasteiger charge is 2.20. The lowest BCUT2D eigenvalue weighted by Gasteiger charge is -2.12. The number of nitrogens with one attached hydrogen (secondary N) is 1. The molecule has 0 amide bonds. The van der Waals surface area contributed by atoms with Crippen LogP contribution in [-0.4, -0.2) is 6.04 Å². The normalized spacial score (nSPS) is 13.6. The largest absolute Gasteiger partial charge is 0.489 e. The smallest absolute Gasteiger partial charge is 0.124 e. The van der Waals surface area contributed by atoms with Crippen molar-refractivity contribution in [3.8, 4) is 5.75 Å². The van der Waals surface area contributed by atoms with Crippen LogP contribution < -0.4 is 10.1 Å². The van der Waals surface area contributed by atoms with E-state index >= 15 is 0 Å². The van der Waals surface area contributed by atoms with Gasteiger partial charge in [-0.15, -0.1) is 12.4 Å². The van der Waals surface area contributed by atoms with Crippen molar-refractivity contribution in [1.29, 1.82) is 0 Å². The van der Waals surface area contributed by atoms with Crippen LogP contribution in [0.3, 0.4) is 0 Å². The van der Waals surface area contributed by atoms with Crippen LogP contribution in [0, 0.1) is 0 Å². The quantitative estimate of drug-likeness (QED) is 0.839. The molecule has 1 aliphatic rings. The SMILES string of the molecule is Cl.Clc1ccc(COc2ccccc2CNC2CC2)cc1. The molecule has 112 valence electrons. The Morgan fingerprint density at radius 2 is 1.76 bits per heavy atom. The first-order chi connectivity index (χ1) is 9.81. The predicted octanol–water partition coefficient (Wildman–Crippen LogP) is 4.59. The second-order valence-corrected chi connectivity index (χ2v) is 5.61. The van der Waals surface area contributed by atoms with Crippen LogP contribution in [0.25, 0.3) is 0 Å². The van der Waals surface area contributed by atoms with Crippen LogP contribution in [0.2, 0.25) is 5.02 Å². The number of benzene rings is 2. The van der Waals surface area contributed by atoms with Crippen LogP contribution >= 0.6 is 24.0 Å². The highest BCUT2D eigenvalue weighted by Crippen LogP contribution is 2.23. The van der Waals surface area contributed by atoms with Gasteiger partial charge in [0.15, 0.2) is 0 Å². The van der Waals surface area contributed by atoms with Gasteiger partial charge in [0.2, 0.25) is 0 Å². The predicted molar refractivity (Wildman–Crippen MR) is 89.3 cm³/mol. The number of ether oxygens (including phenoxy) is 1. The lowest BCUT2D eigenvalue weighted by Crippen LogP contribution is -2.16. The first-order valence-corrected chi connectivity index (χ1v) is 7.37. The summed E-state index contributed by atoms with van der Waals surface area (Å²) >= 11 is 5.88. The molecule has 0 bridgehead atoms. The zero-order valence-corrected chi connectivity index (χ0v) is 13.3. The fourth-order valence-electron chi connectivity index (χ4n) is 2.07. The van der Waals surface area contributed by atoms with Gasteiger partial charge in [0.25, 0.3) is 0 Å². The lowest BCUT2D eigenvalue weighted by molar-refractivity contribution is 0.302. The Bertz CT molecular complexity index is 567. The van der Waals surface area contributed by atoms with Crippen molar-refractivity contribution in [1.82, 2.24) is 5.32 Å². The van der Waals surface area contributed by atoms with Gasteiger partial charge in [-0.2, -0.15) is 0 Å². The van der Waals surface area contributed by atoms with E-state index in [1.54, 1.807) is 0 Å². The van der Waals surface area contributed by atoms with Crippen LogP contribution in [0.4, 0.5) is 0 Å². The third-order valence-corrected chi connectivity index (χ3v) is 3.69. The summed E-state index contributed by atoms with van der Waals surface area (Å²) in [7, 11) is 0. The fraction of sp³-hybridized carbons (Fsp3) is 0.294. The topological polar surface area (TPSA) is 21.3 Å². The minimum Gasteiger partial charge on any atom is -0.489 e. The fourth-order valence-corrected chi connectivity index (χ4v) is 2.20. The zero-order valence-electron chi connectivity index (χ0n) is 11.7. The van der Waals surface area contributed by atoms with Crippen molar-refractivity contribution in [2.24, 2.45) is 0 Å². The van der Waals surface area contributed by atoms with E-state index in [2.05, 4.69) is 17.4 Å². The molecule has 21 heavy (non-hydrogen) atoms. The Morgan fingerprint density at radius 1 is 1.05 bits per heavy atom. The lowest BCUT2D eigenvalue weighted by atomic mass is 10.2. The standard InChI is InChI=1S/C17H18ClNO.ClH/c18-15-7-5-13(6-8-15)12-20-17-4-2-1-3-14(17)11-19-16-9-10-16;/h1-8,16,19H,9-12H2;1H. The van der Waals surface area contributed by atoms with E-state index < -0.39 is 0 Å². The summed E-state index contributed by atoms with van der Waals surface area (Å²) in [6, 6.07) is 16.7. The van der Waals surface area contributed by atoms with Crippen molar-refractivity contribution in [3.05, 3.63) is 64.7 Å². The number of hydrogen-bond acceptors (Lipinski definition) is 2. The second kappa shape index (κ2) is 7.69. The van der Waals surface area contributed by atoms with Crippen molar-refractivity contribution < 1.29 is 4.74 Å². The first kappa shape index (κ1) is 16.2. The molecule has 0 aliphatic heterocycles. The van der Waals surface area contributed by atoms with Crippen LogP contribution in [0.5, 0.6) is 5.75 Å². The molecule has 0 unspecified atom stereocenters. The molecule has 3 rings (SSSR count). The summed E-state index contributed by atoms with van der Waals surface area (Å²) in [5, 5.41) is 4.27. The zero-order chi connectivity index (χ0) is 13.8. The van der Waals surface area contributed by atoms with E-state index in [4.69, 9.17) is 16.3 Å². The molecule has 1 aliphatic carbocycles. The van der Waals surface area contributed by atoms with Gasteiger partial charge in [0, 0.05) is 23.2 Å². The summed E-state index contributed by atoms with van der Waals surface area (Å²) < 4.78 is 5.93. The molecular formula is C17H19Cl2NO. The molecule has 0 heterocycles. The highest BCUT2D eigenvalue weighted by atomic mass is 35.5. The number of para-hydroxylation sites is 1. The van der Waals surface area contributed by atoms with Gasteiger partial charge < -0.3 is 10.1 Å². The molecule has 1 fully saturated rings. The second-order valence-electron chi connectivity index (χ2n) is 5.18. The van der Waals surface area contributed by atoms with Crippen molar-refractivity contribution in [2.45, 2.75) is 32.0 Å². The summed E-state index contributed by atoms with van der Waals surface area (Å²) in [6.45, 7) is 1.44. The van der Waals surface area contributed by atoms with Gasteiger partial charge in [-0.1, -0.05) is 41.9 Å². The number of rotatable bonds is 6. The van der Waals surface area contributed by atoms with Gasteiger partial charge in [-0.3, -0.25) is 0 Å². The van der Waals surface area contributed by atoms with Crippen molar-refractivity contribution in [2.75, 3.05) is 0 Å². The Labute approximate surface area is 136 Å². The van der Waals surface area contributed by atoms with Gasteiger partial charge in [0.05, 0.1) is 0 Å². The van der Waals surface area contributed by atoms with Crippen molar-refractivity contribution >= 4 is 24.0 Å². The molecule has 0 aromatic heterocycles. The highest BCUT2D eigenvalue weighted by molar-refractivity contribution is 6.30. The monoisotopic (exact) mass is 323 g/mol. The minimum absolute atomic E-state index is 0. The van der Waals surface area contributed by atoms with Gasteiger partial charge in [-0.05, 0) is 36.6 Å². The van der Waals surface area contributed by atoms with Crippen LogP contribution in [0.15, 0.2) is 48.5 Å². The van der Waals surface area contributed by atoms with E-state index in [0.29, 0.717) is 12.6 Å². The average molecular weight is 324 g/mol. The van der Waals surface area contributed by atoms with Gasteiger partial charge in [-0.25, -0.2) is 0 Å². The minimum atomic E-state index is 0. The van der Waals surface area contributed by atoms with E-state index in [1.165, 1.54) is 18.4 Å². The first-order valence-electron chi connectivity index (χ1n) is 7.00. The Balaban J connectivity index is 0.00000161. The summed E-state index contributed by atoms with van der Waals surface area (Å²) in [5.74, 6) is 0.954. The molecular weight excluding hydrogens is 305 g/mol. The Morgan fingerprint density at radius 3 is 2.48 bits per heavy atom. The summed E-state index contributed by atoms with van der Waals surface area (Å²) in [4.78, 5) is 0. The van der Waals surface area contributed by atoms with Crippen LogP contribution in [0.1, 0.15) is 24.0 Å². The molecule has 0 radical (unpaired) electrons. The van der Waals surface area contributed by atoms with E-state index in [-0.39, 0.29) is 12.4 Å². The molecule has 0 spiro atoms. The summed E-state index contributed by atoms with van der Waals surface area (Å²) in [5.41, 5.74) is 2.34. The maximum absolute atomic E-state index is 5.93. The summed E-state index contributed by atoms with van der Waals surface area (Å²) in [6.07, 6.45) is 2.60. The van der Waals surface area contributed by atoms with E-state index in [9.17, 15) is 0 Å². The number of hydrogen-bond donors (Lipinski definition) is 1. The molecule has 0 saturated heterocycles. The van der Waals surface area contributed by atoms with E-state index in [1.807, 2.05) is 36.4 Å². The van der Waals surface area contributed by atoms with E-state index in [0.717, 1.165) is 22.9 Å². The molecule has 2 aromatic rings. The Kier molecular flexibility index (Phi) is 5.92. The van der Waals surface area contributed by atoms with Crippen LogP contribution in [-0.2, 0) is 13.2 Å². The molecule has 1 saturated carbocycles. The maximum Gasteiger partial charge on any atom is 0.124 e. The molecule has 1 N–H and O–H groups in total. The molecule has 0 atom stereocenters. The maximum atomic E-state index is 5.93.